The summed E-state index contributed by atoms with van der Waals surface area (Å²) in [5.41, 5.74) is 0. The van der Waals surface area contributed by atoms with Crippen LogP contribution in [0.15, 0.2) is 79.9 Å². The maximum Gasteiger partial charge on any atom is 0.115 e. The molecule has 0 atom stereocenters. The number of pyridine rings is 1. The van der Waals surface area contributed by atoms with Crippen LogP contribution in [0.4, 0.5) is 0 Å². The van der Waals surface area contributed by atoms with Gasteiger partial charge in [0.1, 0.15) is 6.33 Å². The van der Waals surface area contributed by atoms with Crippen LogP contribution in [0.25, 0.3) is 0 Å². The number of nitrogens with one attached hydrogen (secondary N) is 1. The molecule has 0 aliphatic rings. The molecule has 4 heteroatoms. The second-order valence-corrected chi connectivity index (χ2v) is 2.81. The molecule has 0 aromatic carbocycles. The Morgan fingerprint density at radius 1 is 0.529 bits per heavy atom. The van der Waals surface area contributed by atoms with Gasteiger partial charge >= 0.3 is 0 Å². The topological polar surface area (TPSA) is 54.5 Å². The van der Waals surface area contributed by atoms with E-state index < -0.39 is 0 Å². The number of hydrogen-bond acceptors (Lipinski definition) is 3. The van der Waals surface area contributed by atoms with Gasteiger partial charge in [0.05, 0.1) is 0 Å². The minimum Gasteiger partial charge on any atom is -0.368 e. The Bertz CT molecular complexity index is 323. The predicted octanol–water partition coefficient (Wildman–Crippen LogP) is 2.57. The van der Waals surface area contributed by atoms with Crippen molar-refractivity contribution in [1.82, 2.24) is 19.9 Å². The molecule has 0 radical (unpaired) electrons. The minimum absolute atomic E-state index is 1.50. The Morgan fingerprint density at radius 3 is 1.29 bits per heavy atom. The molecule has 0 aliphatic heterocycles. The van der Waals surface area contributed by atoms with E-state index in [0.717, 1.165) is 0 Å². The van der Waals surface area contributed by atoms with Crippen LogP contribution in [-0.4, -0.2) is 19.9 Å². The molecule has 0 saturated heterocycles. The van der Waals surface area contributed by atoms with Crippen LogP contribution in [0.3, 0.4) is 0 Å². The fourth-order valence-electron chi connectivity index (χ4n) is 0.844. The molecule has 4 nitrogen and oxygen atoms in total. The first-order chi connectivity index (χ1) is 8.50. The van der Waals surface area contributed by atoms with Gasteiger partial charge in [-0.1, -0.05) is 6.07 Å². The molecule has 86 valence electrons. The molecule has 0 unspecified atom stereocenters. The number of rotatable bonds is 0. The lowest BCUT2D eigenvalue weighted by atomic mass is 10.5. The largest absolute Gasteiger partial charge is 0.368 e. The SMILES string of the molecule is c1cc[nH]c1.c1ccncc1.c1cncnc1. The molecule has 3 heterocycles. The van der Waals surface area contributed by atoms with Crippen LogP contribution in [0.2, 0.25) is 0 Å². The van der Waals surface area contributed by atoms with Gasteiger partial charge in [-0.05, 0) is 30.3 Å². The van der Waals surface area contributed by atoms with Crippen molar-refractivity contribution in [2.24, 2.45) is 0 Å². The Hall–Kier alpha value is -2.49. The molecular weight excluding hydrogens is 212 g/mol. The van der Waals surface area contributed by atoms with Crippen molar-refractivity contribution in [1.29, 1.82) is 0 Å². The first-order valence-corrected chi connectivity index (χ1v) is 5.13. The zero-order valence-corrected chi connectivity index (χ0v) is 9.35. The van der Waals surface area contributed by atoms with Gasteiger partial charge in [0.2, 0.25) is 0 Å². The average molecular weight is 226 g/mol. The molecule has 3 aromatic heterocycles. The van der Waals surface area contributed by atoms with E-state index in [2.05, 4.69) is 19.9 Å². The van der Waals surface area contributed by atoms with Crippen LogP contribution >= 0.6 is 0 Å². The molecule has 0 fully saturated rings. The lowest BCUT2D eigenvalue weighted by Gasteiger charge is -1.70. The predicted molar refractivity (Wildman–Crippen MR) is 67.1 cm³/mol. The van der Waals surface area contributed by atoms with E-state index in [4.69, 9.17) is 0 Å². The fourth-order valence-corrected chi connectivity index (χ4v) is 0.844. The molecule has 17 heavy (non-hydrogen) atoms. The van der Waals surface area contributed by atoms with Crippen LogP contribution in [0.5, 0.6) is 0 Å². The van der Waals surface area contributed by atoms with E-state index in [-0.39, 0.29) is 0 Å². The lowest BCUT2D eigenvalue weighted by molar-refractivity contribution is 1.17. The maximum absolute atomic E-state index is 3.78. The van der Waals surface area contributed by atoms with Crippen molar-refractivity contribution in [3.63, 3.8) is 0 Å². The molecular formula is C13H14N4. The van der Waals surface area contributed by atoms with Gasteiger partial charge in [0, 0.05) is 37.2 Å². The zero-order valence-electron chi connectivity index (χ0n) is 9.35. The molecule has 0 aliphatic carbocycles. The summed E-state index contributed by atoms with van der Waals surface area (Å²) >= 11 is 0. The molecule has 0 spiro atoms. The maximum atomic E-state index is 3.78. The van der Waals surface area contributed by atoms with Gasteiger partial charge in [-0.3, -0.25) is 4.98 Å². The fraction of sp³-hybridized carbons (Fsp3) is 0. The summed E-state index contributed by atoms with van der Waals surface area (Å²) in [7, 11) is 0. The van der Waals surface area contributed by atoms with Gasteiger partial charge < -0.3 is 4.98 Å². The number of hydrogen-bond donors (Lipinski definition) is 1. The smallest absolute Gasteiger partial charge is 0.115 e. The molecule has 0 bridgehead atoms. The number of H-pyrrole nitrogens is 1. The third-order valence-corrected chi connectivity index (χ3v) is 1.54. The molecule has 3 rings (SSSR count). The van der Waals surface area contributed by atoms with Crippen LogP contribution in [0.1, 0.15) is 0 Å². The van der Waals surface area contributed by atoms with Crippen molar-refractivity contribution in [3.8, 4) is 0 Å². The van der Waals surface area contributed by atoms with Crippen molar-refractivity contribution in [2.45, 2.75) is 0 Å². The average Bonchev–Trinajstić information content (AvgIpc) is 3.03. The molecule has 0 amide bonds. The summed E-state index contributed by atoms with van der Waals surface area (Å²) in [6, 6.07) is 11.4. The standard InChI is InChI=1S/C5H5N.C4H4N2.C4H5N/c1-2-4-6-5-3-1;1-2-5-4-6-3-1;1-2-4-5-3-1/h1-5H;1-4H;1-5H. The highest BCUT2D eigenvalue weighted by Gasteiger charge is 1.59. The Kier molecular flexibility index (Phi) is 7.43. The lowest BCUT2D eigenvalue weighted by Crippen LogP contribution is -1.66. The Morgan fingerprint density at radius 2 is 1.12 bits per heavy atom. The van der Waals surface area contributed by atoms with Crippen LogP contribution in [0, 0.1) is 0 Å². The molecule has 0 saturated carbocycles. The Balaban J connectivity index is 0.000000128. The van der Waals surface area contributed by atoms with E-state index >= 15 is 0 Å². The van der Waals surface area contributed by atoms with Gasteiger partial charge in [-0.2, -0.15) is 0 Å². The van der Waals surface area contributed by atoms with Crippen LogP contribution < -0.4 is 0 Å². The highest BCUT2D eigenvalue weighted by Crippen LogP contribution is 1.73. The first-order valence-electron chi connectivity index (χ1n) is 5.13. The monoisotopic (exact) mass is 226 g/mol. The van der Waals surface area contributed by atoms with E-state index in [1.54, 1.807) is 30.9 Å². The van der Waals surface area contributed by atoms with Crippen molar-refractivity contribution in [3.05, 3.63) is 79.9 Å². The van der Waals surface area contributed by atoms with E-state index in [9.17, 15) is 0 Å². The second-order valence-electron chi connectivity index (χ2n) is 2.81. The normalized spacial score (nSPS) is 8.00. The van der Waals surface area contributed by atoms with Gasteiger partial charge in [0.25, 0.3) is 0 Å². The summed E-state index contributed by atoms with van der Waals surface area (Å²) in [5.74, 6) is 0. The van der Waals surface area contributed by atoms with E-state index in [0.29, 0.717) is 0 Å². The first kappa shape index (κ1) is 12.6. The van der Waals surface area contributed by atoms with Crippen molar-refractivity contribution in [2.75, 3.05) is 0 Å². The van der Waals surface area contributed by atoms with Crippen molar-refractivity contribution >= 4 is 0 Å². The van der Waals surface area contributed by atoms with Crippen molar-refractivity contribution < 1.29 is 0 Å². The number of aromatic nitrogens is 4. The molecule has 3 aromatic rings. The van der Waals surface area contributed by atoms with Gasteiger partial charge in [-0.15, -0.1) is 0 Å². The summed E-state index contributed by atoms with van der Waals surface area (Å²) < 4.78 is 0. The summed E-state index contributed by atoms with van der Waals surface area (Å²) in [6.45, 7) is 0. The third-order valence-electron chi connectivity index (χ3n) is 1.54. The molecule has 1 N–H and O–H groups in total. The zero-order chi connectivity index (χ0) is 12.0. The Labute approximate surface area is 100 Å². The highest BCUT2D eigenvalue weighted by atomic mass is 14.8. The number of aromatic amines is 1. The van der Waals surface area contributed by atoms with Crippen LogP contribution in [-0.2, 0) is 0 Å². The highest BCUT2D eigenvalue weighted by molar-refractivity contribution is 4.88. The second kappa shape index (κ2) is 10.0. The quantitative estimate of drug-likeness (QED) is 0.641. The van der Waals surface area contributed by atoms with Gasteiger partial charge in [-0.25, -0.2) is 9.97 Å². The summed E-state index contributed by atoms with van der Waals surface area (Å²) in [6.07, 6.45) is 12.1. The van der Waals surface area contributed by atoms with E-state index in [1.165, 1.54) is 6.33 Å². The summed E-state index contributed by atoms with van der Waals surface area (Å²) in [5, 5.41) is 0. The number of nitrogens with zero attached hydrogens (tertiary/aromatic N) is 3. The minimum atomic E-state index is 1.50. The van der Waals surface area contributed by atoms with Gasteiger partial charge in [0.15, 0.2) is 0 Å². The van der Waals surface area contributed by atoms with E-state index in [1.807, 2.05) is 42.7 Å². The third kappa shape index (κ3) is 8.50. The summed E-state index contributed by atoms with van der Waals surface area (Å²) in [4.78, 5) is 14.0.